The van der Waals surface area contributed by atoms with Gasteiger partial charge in [-0.3, -0.25) is 0 Å². The van der Waals surface area contributed by atoms with Gasteiger partial charge < -0.3 is 10.5 Å². The lowest BCUT2D eigenvalue weighted by Crippen LogP contribution is -2.20. The minimum atomic E-state index is -4.90. The molecule has 1 aliphatic rings. The molecule has 1 atom stereocenters. The average molecular weight is 249 g/mol. The highest BCUT2D eigenvalue weighted by Gasteiger charge is 2.35. The van der Waals surface area contributed by atoms with Crippen molar-refractivity contribution in [1.82, 2.24) is 0 Å². The maximum Gasteiger partial charge on any atom is 0.573 e. The Balaban J connectivity index is 2.26. The van der Waals surface area contributed by atoms with Gasteiger partial charge in [-0.25, -0.2) is 4.39 Å². The lowest BCUT2D eigenvalue weighted by Gasteiger charge is -2.15. The van der Waals surface area contributed by atoms with Gasteiger partial charge >= 0.3 is 6.36 Å². The van der Waals surface area contributed by atoms with Crippen molar-refractivity contribution in [1.29, 1.82) is 0 Å². The largest absolute Gasteiger partial charge is 0.573 e. The van der Waals surface area contributed by atoms with Gasteiger partial charge in [0.25, 0.3) is 0 Å². The average Bonchev–Trinajstić information content (AvgIpc) is 3.01. The second-order valence-corrected chi connectivity index (χ2v) is 4.07. The number of halogens is 4. The number of ether oxygens (including phenoxy) is 1. The lowest BCUT2D eigenvalue weighted by molar-refractivity contribution is -0.275. The molecule has 1 aliphatic carbocycles. The third-order valence-electron chi connectivity index (χ3n) is 2.71. The van der Waals surface area contributed by atoms with Crippen molar-refractivity contribution in [2.24, 2.45) is 11.7 Å². The Labute approximate surface area is 95.4 Å². The zero-order valence-corrected chi connectivity index (χ0v) is 8.80. The molecule has 6 heteroatoms. The monoisotopic (exact) mass is 249 g/mol. The number of hydrogen-bond acceptors (Lipinski definition) is 2. The third-order valence-corrected chi connectivity index (χ3v) is 2.71. The highest BCUT2D eigenvalue weighted by molar-refractivity contribution is 5.33. The Kier molecular flexibility index (Phi) is 2.99. The van der Waals surface area contributed by atoms with Crippen molar-refractivity contribution in [2.75, 3.05) is 0 Å². The van der Waals surface area contributed by atoms with E-state index in [1.165, 1.54) is 12.1 Å². The third kappa shape index (κ3) is 2.88. The molecule has 0 heterocycles. The van der Waals surface area contributed by atoms with Crippen LogP contribution in [0.15, 0.2) is 18.2 Å². The van der Waals surface area contributed by atoms with E-state index >= 15 is 0 Å². The van der Waals surface area contributed by atoms with Gasteiger partial charge in [0, 0.05) is 11.6 Å². The maximum atomic E-state index is 13.7. The quantitative estimate of drug-likeness (QED) is 0.835. The molecule has 0 aliphatic heterocycles. The van der Waals surface area contributed by atoms with Crippen LogP contribution < -0.4 is 10.5 Å². The molecule has 1 aromatic rings. The summed E-state index contributed by atoms with van der Waals surface area (Å²) in [6, 6.07) is 3.07. The first-order chi connectivity index (χ1) is 7.88. The molecule has 94 valence electrons. The predicted octanol–water partition coefficient (Wildman–Crippen LogP) is 3.13. The van der Waals surface area contributed by atoms with Gasteiger partial charge in [-0.2, -0.15) is 0 Å². The molecular weight excluding hydrogens is 238 g/mol. The molecule has 0 amide bonds. The Morgan fingerprint density at radius 1 is 1.29 bits per heavy atom. The van der Waals surface area contributed by atoms with Crippen molar-refractivity contribution < 1.29 is 22.3 Å². The van der Waals surface area contributed by atoms with Crippen molar-refractivity contribution in [3.8, 4) is 5.75 Å². The summed E-state index contributed by atoms with van der Waals surface area (Å²) < 4.78 is 53.3. The van der Waals surface area contributed by atoms with Gasteiger partial charge in [0.2, 0.25) is 0 Å². The van der Waals surface area contributed by atoms with Crippen molar-refractivity contribution in [2.45, 2.75) is 25.2 Å². The Morgan fingerprint density at radius 3 is 2.47 bits per heavy atom. The van der Waals surface area contributed by atoms with E-state index in [-0.39, 0.29) is 11.5 Å². The van der Waals surface area contributed by atoms with Crippen molar-refractivity contribution in [3.63, 3.8) is 0 Å². The van der Waals surface area contributed by atoms with Gasteiger partial charge in [-0.05, 0) is 24.8 Å². The van der Waals surface area contributed by atoms with Crippen LogP contribution in [0.2, 0.25) is 0 Å². The number of hydrogen-bond donors (Lipinski definition) is 1. The number of nitrogens with two attached hydrogens (primary N) is 1. The fourth-order valence-corrected chi connectivity index (χ4v) is 1.70. The molecule has 0 aromatic heterocycles. The van der Waals surface area contributed by atoms with Crippen molar-refractivity contribution in [3.05, 3.63) is 29.6 Å². The molecule has 1 saturated carbocycles. The van der Waals surface area contributed by atoms with Crippen molar-refractivity contribution >= 4 is 0 Å². The van der Waals surface area contributed by atoms with Crippen LogP contribution >= 0.6 is 0 Å². The zero-order chi connectivity index (χ0) is 12.6. The van der Waals surface area contributed by atoms with Crippen LogP contribution in [0.1, 0.15) is 24.4 Å². The number of alkyl halides is 3. The van der Waals surface area contributed by atoms with E-state index in [9.17, 15) is 17.6 Å². The molecule has 2 rings (SSSR count). The molecule has 0 spiro atoms. The summed E-state index contributed by atoms with van der Waals surface area (Å²) in [6.45, 7) is 0. The fourth-order valence-electron chi connectivity index (χ4n) is 1.70. The second-order valence-electron chi connectivity index (χ2n) is 4.07. The molecule has 1 fully saturated rings. The summed E-state index contributed by atoms with van der Waals surface area (Å²) in [4.78, 5) is 0. The molecule has 1 unspecified atom stereocenters. The fraction of sp³-hybridized carbons (Fsp3) is 0.455. The first-order valence-electron chi connectivity index (χ1n) is 5.18. The topological polar surface area (TPSA) is 35.2 Å². The minimum absolute atomic E-state index is 0.0780. The van der Waals surface area contributed by atoms with E-state index in [1.807, 2.05) is 0 Å². The molecule has 2 N–H and O–H groups in total. The molecule has 17 heavy (non-hydrogen) atoms. The van der Waals surface area contributed by atoms with E-state index in [0.29, 0.717) is 0 Å². The van der Waals surface area contributed by atoms with Gasteiger partial charge in [-0.15, -0.1) is 13.2 Å². The van der Waals surface area contributed by atoms with Crippen LogP contribution in [0.25, 0.3) is 0 Å². The Morgan fingerprint density at radius 2 is 1.94 bits per heavy atom. The highest BCUT2D eigenvalue weighted by atomic mass is 19.4. The first kappa shape index (κ1) is 12.2. The standard InChI is InChI=1S/C11H11F4NO/c12-9-7(10(16)6-4-5-6)2-1-3-8(9)17-11(13,14)15/h1-3,6,10H,4-5,16H2. The van der Waals surface area contributed by atoms with Crippen LogP contribution in [-0.4, -0.2) is 6.36 Å². The van der Waals surface area contributed by atoms with E-state index in [2.05, 4.69) is 4.74 Å². The molecule has 0 bridgehead atoms. The summed E-state index contributed by atoms with van der Waals surface area (Å²) in [5.74, 6) is -1.69. The van der Waals surface area contributed by atoms with E-state index in [0.717, 1.165) is 18.9 Å². The van der Waals surface area contributed by atoms with E-state index in [4.69, 9.17) is 5.73 Å². The summed E-state index contributed by atoms with van der Waals surface area (Å²) in [5.41, 5.74) is 5.83. The van der Waals surface area contributed by atoms with Crippen LogP contribution in [0.4, 0.5) is 17.6 Å². The normalized spacial score (nSPS) is 17.9. The Bertz CT molecular complexity index is 414. The summed E-state index contributed by atoms with van der Waals surface area (Å²) in [5, 5.41) is 0. The van der Waals surface area contributed by atoms with Crippen LogP contribution in [0, 0.1) is 11.7 Å². The zero-order valence-electron chi connectivity index (χ0n) is 8.80. The van der Waals surface area contributed by atoms with Gasteiger partial charge in [0.1, 0.15) is 0 Å². The van der Waals surface area contributed by atoms with Crippen LogP contribution in [0.3, 0.4) is 0 Å². The summed E-state index contributed by atoms with van der Waals surface area (Å²) >= 11 is 0. The van der Waals surface area contributed by atoms with Crippen LogP contribution in [0.5, 0.6) is 5.75 Å². The van der Waals surface area contributed by atoms with Crippen LogP contribution in [-0.2, 0) is 0 Å². The summed E-state index contributed by atoms with van der Waals surface area (Å²) in [6.07, 6.45) is -3.14. The molecular formula is C11H11F4NO. The second kappa shape index (κ2) is 4.18. The van der Waals surface area contributed by atoms with Gasteiger partial charge in [-0.1, -0.05) is 12.1 Å². The SMILES string of the molecule is NC(c1cccc(OC(F)(F)F)c1F)C1CC1. The van der Waals surface area contributed by atoms with Gasteiger partial charge in [0.05, 0.1) is 0 Å². The molecule has 0 radical (unpaired) electrons. The molecule has 0 saturated heterocycles. The lowest BCUT2D eigenvalue weighted by atomic mass is 10.0. The van der Waals surface area contributed by atoms with E-state index in [1.54, 1.807) is 0 Å². The number of benzene rings is 1. The molecule has 2 nitrogen and oxygen atoms in total. The maximum absolute atomic E-state index is 13.7. The summed E-state index contributed by atoms with van der Waals surface area (Å²) in [7, 11) is 0. The van der Waals surface area contributed by atoms with Gasteiger partial charge in [0.15, 0.2) is 11.6 Å². The first-order valence-corrected chi connectivity index (χ1v) is 5.18. The highest BCUT2D eigenvalue weighted by Crippen LogP contribution is 2.41. The van der Waals surface area contributed by atoms with E-state index < -0.39 is 24.0 Å². The number of rotatable bonds is 3. The predicted molar refractivity (Wildman–Crippen MR) is 52.7 cm³/mol. The molecule has 1 aromatic carbocycles. The Hall–Kier alpha value is -1.30. The minimum Gasteiger partial charge on any atom is -0.403 e. The smallest absolute Gasteiger partial charge is 0.403 e.